The van der Waals surface area contributed by atoms with Crippen molar-refractivity contribution in [2.75, 3.05) is 6.54 Å². The molecule has 0 bridgehead atoms. The summed E-state index contributed by atoms with van der Waals surface area (Å²) in [6, 6.07) is 0.270. The Morgan fingerprint density at radius 1 is 1.35 bits per heavy atom. The van der Waals surface area contributed by atoms with Gasteiger partial charge in [-0.3, -0.25) is 4.68 Å². The predicted octanol–water partition coefficient (Wildman–Crippen LogP) is 2.77. The molecular formula is C14H23N5S. The quantitative estimate of drug-likeness (QED) is 0.853. The first-order valence-corrected chi connectivity index (χ1v) is 7.99. The van der Waals surface area contributed by atoms with E-state index in [0.29, 0.717) is 5.92 Å². The minimum absolute atomic E-state index is 0.270. The molecule has 0 radical (unpaired) electrons. The van der Waals surface area contributed by atoms with Crippen LogP contribution in [0.2, 0.25) is 0 Å². The summed E-state index contributed by atoms with van der Waals surface area (Å²) >= 11 is 1.51. The molecule has 0 saturated carbocycles. The first-order chi connectivity index (χ1) is 9.65. The van der Waals surface area contributed by atoms with Crippen LogP contribution in [0, 0.1) is 0 Å². The number of hydrogen-bond donors (Lipinski definition) is 1. The molecule has 5 nitrogen and oxygen atoms in total. The highest BCUT2D eigenvalue weighted by Crippen LogP contribution is 2.28. The SMILES string of the molecule is CCNC(Cc1cnn(CC)c1)c1snnc1C(C)C. The monoisotopic (exact) mass is 293 g/mol. The minimum Gasteiger partial charge on any atom is -0.309 e. The zero-order chi connectivity index (χ0) is 14.5. The Kier molecular flexibility index (Phi) is 5.25. The van der Waals surface area contributed by atoms with Crippen LogP contribution in [0.25, 0.3) is 0 Å². The average Bonchev–Trinajstić information content (AvgIpc) is 3.06. The van der Waals surface area contributed by atoms with Crippen LogP contribution >= 0.6 is 11.5 Å². The summed E-state index contributed by atoms with van der Waals surface area (Å²) in [4.78, 5) is 1.26. The standard InChI is InChI=1S/C14H23N5S/c1-5-15-12(7-11-8-16-19(6-2)9-11)14-13(10(3)4)17-18-20-14/h8-10,12,15H,5-7H2,1-4H3. The molecule has 2 rings (SSSR count). The number of aromatic nitrogens is 4. The van der Waals surface area contributed by atoms with Gasteiger partial charge < -0.3 is 5.32 Å². The van der Waals surface area contributed by atoms with E-state index < -0.39 is 0 Å². The predicted molar refractivity (Wildman–Crippen MR) is 82.0 cm³/mol. The van der Waals surface area contributed by atoms with Crippen LogP contribution < -0.4 is 5.32 Å². The van der Waals surface area contributed by atoms with Crippen molar-refractivity contribution in [3.63, 3.8) is 0 Å². The lowest BCUT2D eigenvalue weighted by atomic mass is 10.0. The van der Waals surface area contributed by atoms with Crippen molar-refractivity contribution in [3.8, 4) is 0 Å². The first kappa shape index (κ1) is 15.1. The summed E-state index contributed by atoms with van der Waals surface area (Å²) in [6.07, 6.45) is 5.00. The number of rotatable bonds is 7. The molecule has 0 fully saturated rings. The molecule has 0 amide bonds. The summed E-state index contributed by atoms with van der Waals surface area (Å²) in [7, 11) is 0. The van der Waals surface area contributed by atoms with Gasteiger partial charge in [0.05, 0.1) is 16.8 Å². The maximum absolute atomic E-state index is 4.35. The maximum atomic E-state index is 4.35. The Labute approximate surface area is 124 Å². The van der Waals surface area contributed by atoms with Gasteiger partial charge in [-0.25, -0.2) is 0 Å². The van der Waals surface area contributed by atoms with E-state index in [1.807, 2.05) is 10.9 Å². The van der Waals surface area contributed by atoms with Gasteiger partial charge in [0.25, 0.3) is 0 Å². The fourth-order valence-corrected chi connectivity index (χ4v) is 3.15. The van der Waals surface area contributed by atoms with E-state index in [1.165, 1.54) is 22.0 Å². The van der Waals surface area contributed by atoms with Gasteiger partial charge in [-0.2, -0.15) is 5.10 Å². The van der Waals surface area contributed by atoms with Crippen molar-refractivity contribution < 1.29 is 0 Å². The van der Waals surface area contributed by atoms with E-state index in [4.69, 9.17) is 0 Å². The van der Waals surface area contributed by atoms with Crippen molar-refractivity contribution >= 4 is 11.5 Å². The van der Waals surface area contributed by atoms with E-state index in [0.717, 1.165) is 25.2 Å². The van der Waals surface area contributed by atoms with Crippen LogP contribution in [0.5, 0.6) is 0 Å². The van der Waals surface area contributed by atoms with E-state index >= 15 is 0 Å². The number of aryl methyl sites for hydroxylation is 1. The van der Waals surface area contributed by atoms with Gasteiger partial charge in [0.2, 0.25) is 0 Å². The lowest BCUT2D eigenvalue weighted by Crippen LogP contribution is -2.23. The first-order valence-electron chi connectivity index (χ1n) is 7.22. The molecular weight excluding hydrogens is 270 g/mol. The Hall–Kier alpha value is -1.27. The number of likely N-dealkylation sites (N-methyl/N-ethyl adjacent to an activating group) is 1. The molecule has 110 valence electrons. The van der Waals surface area contributed by atoms with Crippen molar-refractivity contribution in [1.29, 1.82) is 0 Å². The largest absolute Gasteiger partial charge is 0.309 e. The molecule has 0 aliphatic carbocycles. The van der Waals surface area contributed by atoms with Crippen LogP contribution in [0.15, 0.2) is 12.4 Å². The molecule has 1 atom stereocenters. The molecule has 6 heteroatoms. The maximum Gasteiger partial charge on any atom is 0.0829 e. The summed E-state index contributed by atoms with van der Waals surface area (Å²) in [6.45, 7) is 10.4. The topological polar surface area (TPSA) is 55.6 Å². The van der Waals surface area contributed by atoms with Crippen molar-refractivity contribution in [3.05, 3.63) is 28.5 Å². The Morgan fingerprint density at radius 3 is 2.75 bits per heavy atom. The summed E-state index contributed by atoms with van der Waals surface area (Å²) in [5.74, 6) is 0.406. The van der Waals surface area contributed by atoms with Gasteiger partial charge in [0.1, 0.15) is 0 Å². The van der Waals surface area contributed by atoms with Gasteiger partial charge in [-0.1, -0.05) is 25.3 Å². The normalized spacial score (nSPS) is 13.1. The molecule has 0 aliphatic heterocycles. The molecule has 2 heterocycles. The molecule has 0 aromatic carbocycles. The van der Waals surface area contributed by atoms with Crippen LogP contribution in [-0.4, -0.2) is 25.9 Å². The fraction of sp³-hybridized carbons (Fsp3) is 0.643. The third-order valence-electron chi connectivity index (χ3n) is 3.30. The second-order valence-electron chi connectivity index (χ2n) is 5.20. The van der Waals surface area contributed by atoms with Gasteiger partial charge in [0, 0.05) is 18.8 Å². The Morgan fingerprint density at radius 2 is 2.15 bits per heavy atom. The Bertz CT molecular complexity index is 531. The molecule has 1 N–H and O–H groups in total. The van der Waals surface area contributed by atoms with Crippen molar-refractivity contribution in [1.82, 2.24) is 24.7 Å². The van der Waals surface area contributed by atoms with Gasteiger partial charge in [0.15, 0.2) is 0 Å². The molecule has 2 aromatic heterocycles. The van der Waals surface area contributed by atoms with Crippen molar-refractivity contribution in [2.24, 2.45) is 0 Å². The third-order valence-corrected chi connectivity index (χ3v) is 4.16. The van der Waals surface area contributed by atoms with Crippen LogP contribution in [0.3, 0.4) is 0 Å². The van der Waals surface area contributed by atoms with Crippen LogP contribution in [-0.2, 0) is 13.0 Å². The zero-order valence-corrected chi connectivity index (χ0v) is 13.4. The number of nitrogens with zero attached hydrogens (tertiary/aromatic N) is 4. The highest BCUT2D eigenvalue weighted by molar-refractivity contribution is 7.05. The number of nitrogens with one attached hydrogen (secondary N) is 1. The second kappa shape index (κ2) is 6.95. The van der Waals surface area contributed by atoms with Crippen LogP contribution in [0.1, 0.15) is 55.8 Å². The molecule has 1 unspecified atom stereocenters. The van der Waals surface area contributed by atoms with Crippen molar-refractivity contribution in [2.45, 2.75) is 52.6 Å². The molecule has 0 aliphatic rings. The number of hydrogen-bond acceptors (Lipinski definition) is 5. The second-order valence-corrected chi connectivity index (χ2v) is 5.98. The molecule has 0 spiro atoms. The van der Waals surface area contributed by atoms with E-state index in [1.54, 1.807) is 0 Å². The minimum atomic E-state index is 0.270. The third kappa shape index (κ3) is 3.43. The fourth-order valence-electron chi connectivity index (χ4n) is 2.27. The lowest BCUT2D eigenvalue weighted by molar-refractivity contribution is 0.548. The van der Waals surface area contributed by atoms with E-state index in [9.17, 15) is 0 Å². The lowest BCUT2D eigenvalue weighted by Gasteiger charge is -2.17. The smallest absolute Gasteiger partial charge is 0.0829 e. The summed E-state index contributed by atoms with van der Waals surface area (Å²) in [5.41, 5.74) is 2.37. The molecule has 20 heavy (non-hydrogen) atoms. The molecule has 0 saturated heterocycles. The van der Waals surface area contributed by atoms with Gasteiger partial charge in [-0.15, -0.1) is 5.10 Å². The van der Waals surface area contributed by atoms with Gasteiger partial charge >= 0.3 is 0 Å². The summed E-state index contributed by atoms with van der Waals surface area (Å²) in [5, 5.41) is 12.2. The summed E-state index contributed by atoms with van der Waals surface area (Å²) < 4.78 is 6.11. The van der Waals surface area contributed by atoms with Crippen LogP contribution in [0.4, 0.5) is 0 Å². The highest BCUT2D eigenvalue weighted by Gasteiger charge is 2.21. The zero-order valence-electron chi connectivity index (χ0n) is 12.6. The Balaban J connectivity index is 2.19. The van der Waals surface area contributed by atoms with E-state index in [2.05, 4.69) is 53.9 Å². The van der Waals surface area contributed by atoms with E-state index in [-0.39, 0.29) is 6.04 Å². The van der Waals surface area contributed by atoms with Gasteiger partial charge in [-0.05, 0) is 42.9 Å². The average molecular weight is 293 g/mol. The highest BCUT2D eigenvalue weighted by atomic mass is 32.1. The molecule has 2 aromatic rings.